The molecule has 21 heavy (non-hydrogen) atoms. The van der Waals surface area contributed by atoms with Crippen LogP contribution >= 0.6 is 12.4 Å². The van der Waals surface area contributed by atoms with Gasteiger partial charge in [-0.2, -0.15) is 0 Å². The molecule has 1 N–H and O–H groups in total. The van der Waals surface area contributed by atoms with Crippen molar-refractivity contribution in [3.05, 3.63) is 29.3 Å². The van der Waals surface area contributed by atoms with Crippen LogP contribution < -0.4 is 10.1 Å². The number of rotatable bonds is 3. The lowest BCUT2D eigenvalue weighted by molar-refractivity contribution is -0.129. The van der Waals surface area contributed by atoms with Crippen molar-refractivity contribution in [3.63, 3.8) is 0 Å². The van der Waals surface area contributed by atoms with E-state index in [9.17, 15) is 4.79 Å². The van der Waals surface area contributed by atoms with E-state index < -0.39 is 0 Å². The number of carbonyl (C=O) groups is 1. The smallest absolute Gasteiger partial charge is 0.219 e. The van der Waals surface area contributed by atoms with Gasteiger partial charge in [-0.25, -0.2) is 0 Å². The molecule has 1 amide bonds. The zero-order valence-electron chi connectivity index (χ0n) is 12.4. The summed E-state index contributed by atoms with van der Waals surface area (Å²) in [5, 5.41) is 3.61. The number of nitrogens with one attached hydrogen (secondary N) is 1. The van der Waals surface area contributed by atoms with E-state index in [1.165, 1.54) is 11.1 Å². The van der Waals surface area contributed by atoms with Crippen molar-refractivity contribution >= 4 is 18.3 Å². The van der Waals surface area contributed by atoms with Gasteiger partial charge in [-0.1, -0.05) is 12.1 Å². The Morgan fingerprint density at radius 3 is 2.86 bits per heavy atom. The van der Waals surface area contributed by atoms with Crippen LogP contribution in [0.1, 0.15) is 30.9 Å². The Balaban J connectivity index is 0.00000161. The first-order valence-electron chi connectivity index (χ1n) is 7.46. The Morgan fingerprint density at radius 2 is 2.14 bits per heavy atom. The van der Waals surface area contributed by atoms with Crippen LogP contribution in [-0.4, -0.2) is 36.5 Å². The number of likely N-dealkylation sites (tertiary alicyclic amines) is 1. The van der Waals surface area contributed by atoms with E-state index in [0.717, 1.165) is 51.3 Å². The Morgan fingerprint density at radius 1 is 1.38 bits per heavy atom. The van der Waals surface area contributed by atoms with Crippen LogP contribution in [0, 0.1) is 0 Å². The number of halogens is 1. The highest BCUT2D eigenvalue weighted by molar-refractivity contribution is 5.85. The van der Waals surface area contributed by atoms with Gasteiger partial charge in [0.15, 0.2) is 0 Å². The minimum atomic E-state index is 0. The van der Waals surface area contributed by atoms with Crippen molar-refractivity contribution in [2.75, 3.05) is 19.7 Å². The molecule has 0 radical (unpaired) electrons. The third kappa shape index (κ3) is 3.89. The molecule has 5 heteroatoms. The van der Waals surface area contributed by atoms with Gasteiger partial charge in [0, 0.05) is 39.0 Å². The number of carbonyl (C=O) groups excluding carboxylic acids is 1. The number of benzene rings is 1. The van der Waals surface area contributed by atoms with Gasteiger partial charge in [0.25, 0.3) is 0 Å². The van der Waals surface area contributed by atoms with Gasteiger partial charge in [-0.05, 0) is 30.0 Å². The summed E-state index contributed by atoms with van der Waals surface area (Å²) in [5.41, 5.74) is 2.65. The van der Waals surface area contributed by atoms with Crippen molar-refractivity contribution in [2.45, 2.75) is 38.8 Å². The Kier molecular flexibility index (Phi) is 5.48. The molecule has 0 aliphatic carbocycles. The average Bonchev–Trinajstić information content (AvgIpc) is 2.93. The van der Waals surface area contributed by atoms with E-state index in [-0.39, 0.29) is 18.3 Å². The van der Waals surface area contributed by atoms with Gasteiger partial charge < -0.3 is 15.0 Å². The molecule has 2 aliphatic heterocycles. The fourth-order valence-corrected chi connectivity index (χ4v) is 3.01. The lowest BCUT2D eigenvalue weighted by Gasteiger charge is -2.31. The standard InChI is InChI=1S/C16H22N2O2.ClH/c1-12(19)18-7-4-15(5-8-18)17-11-13-2-3-16-14(10-13)6-9-20-16;/h2-3,10,15,17H,4-9,11H2,1H3;1H. The minimum Gasteiger partial charge on any atom is -0.493 e. The summed E-state index contributed by atoms with van der Waals surface area (Å²) in [6.07, 6.45) is 3.13. The first-order valence-corrected chi connectivity index (χ1v) is 7.46. The predicted molar refractivity (Wildman–Crippen MR) is 85.0 cm³/mol. The summed E-state index contributed by atoms with van der Waals surface area (Å²) >= 11 is 0. The Bertz CT molecular complexity index is 499. The second-order valence-corrected chi connectivity index (χ2v) is 5.70. The second kappa shape index (κ2) is 7.14. The molecule has 0 aromatic heterocycles. The monoisotopic (exact) mass is 310 g/mol. The second-order valence-electron chi connectivity index (χ2n) is 5.70. The maximum absolute atomic E-state index is 11.3. The van der Waals surface area contributed by atoms with Gasteiger partial charge in [-0.3, -0.25) is 4.79 Å². The van der Waals surface area contributed by atoms with Gasteiger partial charge in [0.2, 0.25) is 5.91 Å². The summed E-state index contributed by atoms with van der Waals surface area (Å²) in [7, 11) is 0. The molecule has 0 saturated carbocycles. The number of nitrogens with zero attached hydrogens (tertiary/aromatic N) is 1. The van der Waals surface area contributed by atoms with Gasteiger partial charge >= 0.3 is 0 Å². The molecule has 4 nitrogen and oxygen atoms in total. The van der Waals surface area contributed by atoms with E-state index in [4.69, 9.17) is 4.74 Å². The summed E-state index contributed by atoms with van der Waals surface area (Å²) in [5.74, 6) is 1.24. The van der Waals surface area contributed by atoms with E-state index in [1.807, 2.05) is 4.90 Å². The fourth-order valence-electron chi connectivity index (χ4n) is 3.01. The SMILES string of the molecule is CC(=O)N1CCC(NCc2ccc3c(c2)CCO3)CC1.Cl. The largest absolute Gasteiger partial charge is 0.493 e. The van der Waals surface area contributed by atoms with Gasteiger partial charge in [-0.15, -0.1) is 12.4 Å². The number of ether oxygens (including phenoxy) is 1. The Labute approximate surface area is 132 Å². The molecule has 1 aromatic carbocycles. The highest BCUT2D eigenvalue weighted by atomic mass is 35.5. The zero-order chi connectivity index (χ0) is 13.9. The Hall–Kier alpha value is -1.26. The lowest BCUT2D eigenvalue weighted by atomic mass is 10.0. The van der Waals surface area contributed by atoms with E-state index in [2.05, 4.69) is 23.5 Å². The molecule has 0 unspecified atom stereocenters. The van der Waals surface area contributed by atoms with Crippen LogP contribution in [0.4, 0.5) is 0 Å². The van der Waals surface area contributed by atoms with E-state index >= 15 is 0 Å². The van der Waals surface area contributed by atoms with Crippen LogP contribution in [0.15, 0.2) is 18.2 Å². The highest BCUT2D eigenvalue weighted by Gasteiger charge is 2.20. The topological polar surface area (TPSA) is 41.6 Å². The quantitative estimate of drug-likeness (QED) is 0.930. The maximum Gasteiger partial charge on any atom is 0.219 e. The van der Waals surface area contributed by atoms with E-state index in [1.54, 1.807) is 6.92 Å². The van der Waals surface area contributed by atoms with Crippen LogP contribution in [0.3, 0.4) is 0 Å². The van der Waals surface area contributed by atoms with Crippen molar-refractivity contribution in [1.29, 1.82) is 0 Å². The summed E-state index contributed by atoms with van der Waals surface area (Å²) < 4.78 is 5.52. The molecule has 0 atom stereocenters. The molecule has 2 aliphatic rings. The van der Waals surface area contributed by atoms with Crippen molar-refractivity contribution < 1.29 is 9.53 Å². The fraction of sp³-hybridized carbons (Fsp3) is 0.562. The molecular formula is C16H23ClN2O2. The summed E-state index contributed by atoms with van der Waals surface area (Å²) in [6, 6.07) is 7.00. The normalized spacial score (nSPS) is 17.9. The van der Waals surface area contributed by atoms with Crippen LogP contribution in [0.25, 0.3) is 0 Å². The van der Waals surface area contributed by atoms with Crippen LogP contribution in [0.5, 0.6) is 5.75 Å². The molecule has 116 valence electrons. The number of amides is 1. The highest BCUT2D eigenvalue weighted by Crippen LogP contribution is 2.25. The number of fused-ring (bicyclic) bond motifs is 1. The minimum absolute atomic E-state index is 0. The molecule has 0 spiro atoms. The number of hydrogen-bond donors (Lipinski definition) is 1. The van der Waals surface area contributed by atoms with Gasteiger partial charge in [0.1, 0.15) is 5.75 Å². The summed E-state index contributed by atoms with van der Waals surface area (Å²) in [6.45, 7) is 5.13. The lowest BCUT2D eigenvalue weighted by Crippen LogP contribution is -2.43. The third-order valence-corrected chi connectivity index (χ3v) is 4.29. The summed E-state index contributed by atoms with van der Waals surface area (Å²) in [4.78, 5) is 13.2. The third-order valence-electron chi connectivity index (χ3n) is 4.29. The van der Waals surface area contributed by atoms with Crippen LogP contribution in [-0.2, 0) is 17.8 Å². The first-order chi connectivity index (χ1) is 9.72. The predicted octanol–water partition coefficient (Wildman–Crippen LogP) is 2.14. The average molecular weight is 311 g/mol. The number of piperidine rings is 1. The molecule has 1 aromatic rings. The van der Waals surface area contributed by atoms with Crippen molar-refractivity contribution in [3.8, 4) is 5.75 Å². The first kappa shape index (κ1) is 16.1. The molecule has 1 fully saturated rings. The van der Waals surface area contributed by atoms with Gasteiger partial charge in [0.05, 0.1) is 6.61 Å². The van der Waals surface area contributed by atoms with Crippen molar-refractivity contribution in [2.24, 2.45) is 0 Å². The maximum atomic E-state index is 11.3. The molecule has 2 heterocycles. The van der Waals surface area contributed by atoms with Crippen LogP contribution in [0.2, 0.25) is 0 Å². The zero-order valence-corrected chi connectivity index (χ0v) is 13.2. The molecular weight excluding hydrogens is 288 g/mol. The number of hydrogen-bond acceptors (Lipinski definition) is 3. The molecule has 1 saturated heterocycles. The van der Waals surface area contributed by atoms with Crippen molar-refractivity contribution in [1.82, 2.24) is 10.2 Å². The van der Waals surface area contributed by atoms with E-state index in [0.29, 0.717) is 6.04 Å². The molecule has 3 rings (SSSR count). The molecule has 0 bridgehead atoms.